The predicted molar refractivity (Wildman–Crippen MR) is 108 cm³/mol. The molecule has 3 rings (SSSR count). The van der Waals surface area contributed by atoms with Crippen molar-refractivity contribution >= 4 is 48.6 Å². The third-order valence-electron chi connectivity index (χ3n) is 4.08. The average molecular weight is 451 g/mol. The normalized spacial score (nSPS) is 11.9. The fourth-order valence-electron chi connectivity index (χ4n) is 2.57. The van der Waals surface area contributed by atoms with Crippen molar-refractivity contribution in [2.75, 3.05) is 19.4 Å². The van der Waals surface area contributed by atoms with Crippen LogP contribution in [0, 0.1) is 0 Å². The van der Waals surface area contributed by atoms with Gasteiger partial charge in [-0.2, -0.15) is 0 Å². The Morgan fingerprint density at radius 2 is 1.89 bits per heavy atom. The number of carbonyl (C=O) groups is 1. The van der Waals surface area contributed by atoms with Crippen LogP contribution in [0.2, 0.25) is 0 Å². The third kappa shape index (κ3) is 4.37. The second-order valence-electron chi connectivity index (χ2n) is 6.18. The van der Waals surface area contributed by atoms with E-state index in [1.165, 1.54) is 14.1 Å². The van der Waals surface area contributed by atoms with Gasteiger partial charge in [-0.25, -0.2) is 17.7 Å². The molecule has 0 bridgehead atoms. The number of halogens is 1. The van der Waals surface area contributed by atoms with Crippen molar-refractivity contribution in [2.24, 2.45) is 0 Å². The summed E-state index contributed by atoms with van der Waals surface area (Å²) in [5.41, 5.74) is 2.09. The first-order valence-corrected chi connectivity index (χ1v) is 10.4. The number of nitrogens with zero attached hydrogens (tertiary/aromatic N) is 3. The maximum Gasteiger partial charge on any atom is 0.242 e. The Bertz CT molecular complexity index is 1080. The van der Waals surface area contributed by atoms with Crippen LogP contribution in [0.15, 0.2) is 58.2 Å². The van der Waals surface area contributed by atoms with Gasteiger partial charge in [-0.1, -0.05) is 15.9 Å². The van der Waals surface area contributed by atoms with E-state index in [1.54, 1.807) is 24.5 Å². The van der Waals surface area contributed by atoms with Gasteiger partial charge in [0.15, 0.2) is 0 Å². The van der Waals surface area contributed by atoms with Crippen LogP contribution in [0.5, 0.6) is 0 Å². The van der Waals surface area contributed by atoms with E-state index < -0.39 is 10.0 Å². The molecular formula is C18H19BrN4O3S. The van der Waals surface area contributed by atoms with Crippen molar-refractivity contribution in [1.82, 2.24) is 13.9 Å². The maximum absolute atomic E-state index is 12.2. The molecule has 1 amide bonds. The van der Waals surface area contributed by atoms with E-state index in [2.05, 4.69) is 26.2 Å². The first-order chi connectivity index (χ1) is 12.8. The smallest absolute Gasteiger partial charge is 0.242 e. The molecule has 0 aliphatic heterocycles. The number of carbonyl (C=O) groups excluding carboxylic acids is 1. The van der Waals surface area contributed by atoms with Crippen molar-refractivity contribution in [2.45, 2.75) is 17.9 Å². The van der Waals surface area contributed by atoms with Gasteiger partial charge >= 0.3 is 0 Å². The predicted octanol–water partition coefficient (Wildman–Crippen LogP) is 3.08. The molecule has 2 aromatic carbocycles. The lowest BCUT2D eigenvalue weighted by Crippen LogP contribution is -2.22. The summed E-state index contributed by atoms with van der Waals surface area (Å²) in [6.07, 6.45) is 1.89. The number of nitrogens with one attached hydrogen (secondary N) is 1. The number of anilines is 1. The van der Waals surface area contributed by atoms with Crippen molar-refractivity contribution in [1.29, 1.82) is 0 Å². The standard InChI is InChI=1S/C18H19BrN4O3S/c1-22(2)27(25,26)15-7-8-17-16(11-15)20-12-23(17)10-9-18(24)21-14-5-3-13(19)4-6-14/h3-8,11-12H,9-10H2,1-2H3,(H,21,24). The van der Waals surface area contributed by atoms with Crippen LogP contribution in [-0.2, 0) is 21.4 Å². The van der Waals surface area contributed by atoms with Crippen molar-refractivity contribution in [3.05, 3.63) is 53.3 Å². The van der Waals surface area contributed by atoms with Gasteiger partial charge in [-0.15, -0.1) is 0 Å². The fraction of sp³-hybridized carbons (Fsp3) is 0.222. The van der Waals surface area contributed by atoms with E-state index >= 15 is 0 Å². The zero-order valence-electron chi connectivity index (χ0n) is 14.9. The fourth-order valence-corrected chi connectivity index (χ4v) is 3.76. The number of hydrogen-bond acceptors (Lipinski definition) is 4. The highest BCUT2D eigenvalue weighted by Gasteiger charge is 2.18. The first kappa shape index (κ1) is 19.5. The minimum absolute atomic E-state index is 0.106. The van der Waals surface area contributed by atoms with Crippen molar-refractivity contribution in [3.63, 3.8) is 0 Å². The molecule has 0 saturated carbocycles. The van der Waals surface area contributed by atoms with Gasteiger partial charge < -0.3 is 9.88 Å². The minimum Gasteiger partial charge on any atom is -0.330 e. The zero-order chi connectivity index (χ0) is 19.6. The summed E-state index contributed by atoms with van der Waals surface area (Å²) in [5, 5.41) is 2.84. The number of imidazole rings is 1. The maximum atomic E-state index is 12.2. The molecule has 0 aliphatic carbocycles. The molecule has 0 atom stereocenters. The SMILES string of the molecule is CN(C)S(=O)(=O)c1ccc2c(c1)ncn2CCC(=O)Nc1ccc(Br)cc1. The van der Waals surface area contributed by atoms with E-state index in [1.807, 2.05) is 28.8 Å². The summed E-state index contributed by atoms with van der Waals surface area (Å²) in [6.45, 7) is 0.443. The van der Waals surface area contributed by atoms with Crippen LogP contribution in [0.4, 0.5) is 5.69 Å². The molecule has 9 heteroatoms. The van der Waals surface area contributed by atoms with Crippen LogP contribution in [0.1, 0.15) is 6.42 Å². The second-order valence-corrected chi connectivity index (χ2v) is 9.25. The van der Waals surface area contributed by atoms with Gasteiger partial charge in [-0.05, 0) is 42.5 Å². The molecule has 1 aromatic heterocycles. The van der Waals surface area contributed by atoms with Crippen LogP contribution < -0.4 is 5.32 Å². The molecule has 3 aromatic rings. The highest BCUT2D eigenvalue weighted by molar-refractivity contribution is 9.10. The molecule has 142 valence electrons. The molecule has 0 saturated heterocycles. The van der Waals surface area contributed by atoms with E-state index in [-0.39, 0.29) is 17.2 Å². The van der Waals surface area contributed by atoms with Crippen LogP contribution >= 0.6 is 15.9 Å². The number of rotatable bonds is 6. The number of aromatic nitrogens is 2. The summed E-state index contributed by atoms with van der Waals surface area (Å²) in [7, 11) is -0.529. The number of benzene rings is 2. The Labute approximate surface area is 166 Å². The molecule has 1 heterocycles. The molecule has 27 heavy (non-hydrogen) atoms. The van der Waals surface area contributed by atoms with Crippen LogP contribution in [0.25, 0.3) is 11.0 Å². The monoisotopic (exact) mass is 450 g/mol. The van der Waals surface area contributed by atoms with E-state index in [9.17, 15) is 13.2 Å². The van der Waals surface area contributed by atoms with E-state index in [0.717, 1.165) is 20.0 Å². The summed E-state index contributed by atoms with van der Waals surface area (Å²) in [5.74, 6) is -0.106. The lowest BCUT2D eigenvalue weighted by Gasteiger charge is -2.11. The zero-order valence-corrected chi connectivity index (χ0v) is 17.3. The lowest BCUT2D eigenvalue weighted by atomic mass is 10.3. The lowest BCUT2D eigenvalue weighted by molar-refractivity contribution is -0.116. The second kappa shape index (κ2) is 7.79. The average Bonchev–Trinajstić information content (AvgIpc) is 3.04. The Hall–Kier alpha value is -2.23. The minimum atomic E-state index is -3.51. The molecule has 0 unspecified atom stereocenters. The highest BCUT2D eigenvalue weighted by atomic mass is 79.9. The Morgan fingerprint density at radius 3 is 2.56 bits per heavy atom. The summed E-state index contributed by atoms with van der Waals surface area (Å²) >= 11 is 3.35. The van der Waals surface area contributed by atoms with Gasteiger partial charge in [0.25, 0.3) is 0 Å². The first-order valence-electron chi connectivity index (χ1n) is 8.20. The summed E-state index contributed by atoms with van der Waals surface area (Å²) in [6, 6.07) is 12.2. The Kier molecular flexibility index (Phi) is 5.64. The van der Waals surface area contributed by atoms with Gasteiger partial charge in [0.2, 0.25) is 15.9 Å². The quantitative estimate of drug-likeness (QED) is 0.625. The van der Waals surface area contributed by atoms with Gasteiger partial charge in [0.1, 0.15) is 0 Å². The molecule has 0 fully saturated rings. The summed E-state index contributed by atoms with van der Waals surface area (Å²) in [4.78, 5) is 16.6. The molecular weight excluding hydrogens is 432 g/mol. The molecule has 0 spiro atoms. The number of aryl methyl sites for hydroxylation is 1. The Balaban J connectivity index is 1.70. The largest absolute Gasteiger partial charge is 0.330 e. The van der Waals surface area contributed by atoms with Gasteiger partial charge in [-0.3, -0.25) is 4.79 Å². The molecule has 0 radical (unpaired) electrons. The number of sulfonamides is 1. The Morgan fingerprint density at radius 1 is 1.19 bits per heavy atom. The number of hydrogen-bond donors (Lipinski definition) is 1. The van der Waals surface area contributed by atoms with E-state index in [4.69, 9.17) is 0 Å². The number of fused-ring (bicyclic) bond motifs is 1. The molecule has 1 N–H and O–H groups in total. The topological polar surface area (TPSA) is 84.3 Å². The van der Waals surface area contributed by atoms with E-state index in [0.29, 0.717) is 12.1 Å². The third-order valence-corrected chi connectivity index (χ3v) is 6.42. The molecule has 0 aliphatic rings. The van der Waals surface area contributed by atoms with Gasteiger partial charge in [0.05, 0.1) is 22.3 Å². The van der Waals surface area contributed by atoms with Crippen LogP contribution in [0.3, 0.4) is 0 Å². The van der Waals surface area contributed by atoms with Crippen LogP contribution in [-0.4, -0.2) is 42.3 Å². The van der Waals surface area contributed by atoms with Crippen molar-refractivity contribution < 1.29 is 13.2 Å². The summed E-state index contributed by atoms with van der Waals surface area (Å²) < 4.78 is 28.4. The van der Waals surface area contributed by atoms with Gasteiger partial charge in [0, 0.05) is 37.2 Å². The van der Waals surface area contributed by atoms with Crippen molar-refractivity contribution in [3.8, 4) is 0 Å². The molecule has 7 nitrogen and oxygen atoms in total. The number of amides is 1. The highest BCUT2D eigenvalue weighted by Crippen LogP contribution is 2.20.